The molecule has 6 nitrogen and oxygen atoms in total. The zero-order chi connectivity index (χ0) is 17.1. The van der Waals surface area contributed by atoms with Crippen molar-refractivity contribution in [3.8, 4) is 0 Å². The van der Waals surface area contributed by atoms with Crippen molar-refractivity contribution in [2.75, 3.05) is 18.0 Å². The average Bonchev–Trinajstić information content (AvgIpc) is 3.15. The Balaban J connectivity index is 1.44. The molecule has 1 atom stereocenters. The standard InChI is InChI=1S/C19H19N5O/c25-19(17-10-9-14-5-1-2-7-16(14)22-17)20-13-15-6-4-12-24(15)18-8-3-11-21-23-18/h1-3,5,7-11,15H,4,6,12-13H2,(H,20,25). The summed E-state index contributed by atoms with van der Waals surface area (Å²) in [5.74, 6) is 0.722. The molecule has 4 rings (SSSR count). The summed E-state index contributed by atoms with van der Waals surface area (Å²) >= 11 is 0. The van der Waals surface area contributed by atoms with E-state index in [1.165, 1.54) is 0 Å². The minimum Gasteiger partial charge on any atom is -0.350 e. The molecule has 1 amide bonds. The van der Waals surface area contributed by atoms with Crippen LogP contribution in [0.4, 0.5) is 5.82 Å². The lowest BCUT2D eigenvalue weighted by atomic mass is 10.2. The molecule has 126 valence electrons. The summed E-state index contributed by atoms with van der Waals surface area (Å²) in [6.45, 7) is 1.51. The van der Waals surface area contributed by atoms with Crippen LogP contribution in [0.2, 0.25) is 0 Å². The van der Waals surface area contributed by atoms with E-state index in [-0.39, 0.29) is 11.9 Å². The molecule has 25 heavy (non-hydrogen) atoms. The topological polar surface area (TPSA) is 71.0 Å². The van der Waals surface area contributed by atoms with Gasteiger partial charge in [-0.1, -0.05) is 24.3 Å². The van der Waals surface area contributed by atoms with Gasteiger partial charge in [0, 0.05) is 30.7 Å². The van der Waals surface area contributed by atoms with Crippen molar-refractivity contribution in [1.82, 2.24) is 20.5 Å². The number of hydrogen-bond acceptors (Lipinski definition) is 5. The van der Waals surface area contributed by atoms with Crippen LogP contribution in [0.25, 0.3) is 10.9 Å². The van der Waals surface area contributed by atoms with Gasteiger partial charge in [-0.15, -0.1) is 5.10 Å². The molecule has 2 aromatic heterocycles. The first-order valence-electron chi connectivity index (χ1n) is 8.49. The van der Waals surface area contributed by atoms with E-state index in [4.69, 9.17) is 0 Å². The molecule has 0 spiro atoms. The van der Waals surface area contributed by atoms with E-state index < -0.39 is 0 Å². The number of hydrogen-bond donors (Lipinski definition) is 1. The number of aromatic nitrogens is 3. The molecule has 1 fully saturated rings. The molecule has 1 unspecified atom stereocenters. The van der Waals surface area contributed by atoms with Crippen molar-refractivity contribution in [1.29, 1.82) is 0 Å². The van der Waals surface area contributed by atoms with Gasteiger partial charge in [0.15, 0.2) is 5.82 Å². The summed E-state index contributed by atoms with van der Waals surface area (Å²) in [4.78, 5) is 19.1. The third kappa shape index (κ3) is 3.28. The van der Waals surface area contributed by atoms with Gasteiger partial charge in [-0.3, -0.25) is 4.79 Å². The van der Waals surface area contributed by atoms with E-state index >= 15 is 0 Å². The minimum absolute atomic E-state index is 0.142. The van der Waals surface area contributed by atoms with Crippen LogP contribution in [0, 0.1) is 0 Å². The van der Waals surface area contributed by atoms with E-state index in [9.17, 15) is 4.79 Å². The van der Waals surface area contributed by atoms with Gasteiger partial charge < -0.3 is 10.2 Å². The number of carbonyl (C=O) groups is 1. The van der Waals surface area contributed by atoms with Crippen LogP contribution in [0.3, 0.4) is 0 Å². The van der Waals surface area contributed by atoms with Gasteiger partial charge in [0.25, 0.3) is 5.91 Å². The Hall–Kier alpha value is -3.02. The van der Waals surface area contributed by atoms with Gasteiger partial charge >= 0.3 is 0 Å². The van der Waals surface area contributed by atoms with Gasteiger partial charge in [0.2, 0.25) is 0 Å². The number of amides is 1. The molecule has 1 aliphatic heterocycles. The number of nitrogens with zero attached hydrogens (tertiary/aromatic N) is 4. The highest BCUT2D eigenvalue weighted by molar-refractivity contribution is 5.94. The minimum atomic E-state index is -0.142. The molecular formula is C19H19N5O. The van der Waals surface area contributed by atoms with Crippen LogP contribution in [-0.4, -0.2) is 40.2 Å². The summed E-state index contributed by atoms with van der Waals surface area (Å²) < 4.78 is 0. The molecule has 0 saturated carbocycles. The monoisotopic (exact) mass is 333 g/mol. The SMILES string of the molecule is O=C(NCC1CCCN1c1cccnn1)c1ccc2ccccc2n1. The van der Waals surface area contributed by atoms with Crippen molar-refractivity contribution < 1.29 is 4.79 Å². The number of carbonyl (C=O) groups excluding carboxylic acids is 1. The highest BCUT2D eigenvalue weighted by atomic mass is 16.1. The summed E-state index contributed by atoms with van der Waals surface area (Å²) in [5, 5.41) is 12.2. The molecule has 0 radical (unpaired) electrons. The first kappa shape index (κ1) is 15.5. The van der Waals surface area contributed by atoms with Crippen molar-refractivity contribution in [3.63, 3.8) is 0 Å². The first-order chi connectivity index (χ1) is 12.3. The van der Waals surface area contributed by atoms with Crippen LogP contribution in [0.1, 0.15) is 23.3 Å². The van der Waals surface area contributed by atoms with Gasteiger partial charge in [0.05, 0.1) is 5.52 Å². The normalized spacial score (nSPS) is 17.0. The molecule has 3 heterocycles. The second kappa shape index (κ2) is 6.84. The third-order valence-corrected chi connectivity index (χ3v) is 4.56. The van der Waals surface area contributed by atoms with Crippen molar-refractivity contribution in [3.05, 3.63) is 60.4 Å². The number of pyridine rings is 1. The van der Waals surface area contributed by atoms with E-state index in [0.29, 0.717) is 12.2 Å². The van der Waals surface area contributed by atoms with Crippen LogP contribution >= 0.6 is 0 Å². The van der Waals surface area contributed by atoms with Crippen LogP contribution in [0.5, 0.6) is 0 Å². The molecular weight excluding hydrogens is 314 g/mol. The van der Waals surface area contributed by atoms with Crippen LogP contribution in [-0.2, 0) is 0 Å². The van der Waals surface area contributed by atoms with Crippen LogP contribution in [0.15, 0.2) is 54.7 Å². The Labute approximate surface area is 145 Å². The Morgan fingerprint density at radius 3 is 2.96 bits per heavy atom. The molecule has 1 aliphatic rings. The first-order valence-corrected chi connectivity index (χ1v) is 8.49. The van der Waals surface area contributed by atoms with Gasteiger partial charge in [-0.25, -0.2) is 4.98 Å². The fourth-order valence-electron chi connectivity index (χ4n) is 3.29. The molecule has 1 saturated heterocycles. The van der Waals surface area contributed by atoms with Gasteiger partial charge in [-0.05, 0) is 37.1 Å². The second-order valence-electron chi connectivity index (χ2n) is 6.17. The highest BCUT2D eigenvalue weighted by Crippen LogP contribution is 2.22. The van der Waals surface area contributed by atoms with Crippen molar-refractivity contribution in [2.45, 2.75) is 18.9 Å². The fraction of sp³-hybridized carbons (Fsp3) is 0.263. The Bertz CT molecular complexity index is 883. The number of benzene rings is 1. The Kier molecular flexibility index (Phi) is 4.24. The quantitative estimate of drug-likeness (QED) is 0.794. The Morgan fingerprint density at radius 2 is 2.08 bits per heavy atom. The average molecular weight is 333 g/mol. The number of rotatable bonds is 4. The van der Waals surface area contributed by atoms with E-state index in [2.05, 4.69) is 25.4 Å². The van der Waals surface area contributed by atoms with Crippen molar-refractivity contribution >= 4 is 22.6 Å². The lowest BCUT2D eigenvalue weighted by molar-refractivity contribution is 0.0946. The highest BCUT2D eigenvalue weighted by Gasteiger charge is 2.26. The van der Waals surface area contributed by atoms with Gasteiger partial charge in [-0.2, -0.15) is 5.10 Å². The number of para-hydroxylation sites is 1. The largest absolute Gasteiger partial charge is 0.350 e. The zero-order valence-electron chi connectivity index (χ0n) is 13.8. The number of nitrogens with one attached hydrogen (secondary N) is 1. The molecule has 6 heteroatoms. The van der Waals surface area contributed by atoms with Crippen LogP contribution < -0.4 is 10.2 Å². The third-order valence-electron chi connectivity index (χ3n) is 4.56. The zero-order valence-corrected chi connectivity index (χ0v) is 13.8. The summed E-state index contributed by atoms with van der Waals surface area (Å²) in [6, 6.07) is 15.6. The number of fused-ring (bicyclic) bond motifs is 1. The van der Waals surface area contributed by atoms with E-state index in [0.717, 1.165) is 36.1 Å². The smallest absolute Gasteiger partial charge is 0.269 e. The maximum atomic E-state index is 12.5. The summed E-state index contributed by atoms with van der Waals surface area (Å²) in [7, 11) is 0. The number of anilines is 1. The molecule has 1 N–H and O–H groups in total. The second-order valence-corrected chi connectivity index (χ2v) is 6.17. The van der Waals surface area contributed by atoms with E-state index in [1.54, 1.807) is 12.3 Å². The predicted octanol–water partition coefficient (Wildman–Crippen LogP) is 2.42. The van der Waals surface area contributed by atoms with Gasteiger partial charge in [0.1, 0.15) is 5.69 Å². The maximum Gasteiger partial charge on any atom is 0.269 e. The van der Waals surface area contributed by atoms with Crippen molar-refractivity contribution in [2.24, 2.45) is 0 Å². The molecule has 0 bridgehead atoms. The lowest BCUT2D eigenvalue weighted by Gasteiger charge is -2.25. The lowest BCUT2D eigenvalue weighted by Crippen LogP contribution is -2.40. The molecule has 1 aromatic carbocycles. The summed E-state index contributed by atoms with van der Waals surface area (Å²) in [5.41, 5.74) is 1.28. The summed E-state index contributed by atoms with van der Waals surface area (Å²) in [6.07, 6.45) is 3.79. The predicted molar refractivity (Wildman–Crippen MR) is 96.5 cm³/mol. The molecule has 3 aromatic rings. The van der Waals surface area contributed by atoms with E-state index in [1.807, 2.05) is 42.5 Å². The molecule has 0 aliphatic carbocycles. The fourth-order valence-corrected chi connectivity index (χ4v) is 3.29. The maximum absolute atomic E-state index is 12.5. The Morgan fingerprint density at radius 1 is 1.16 bits per heavy atom.